The summed E-state index contributed by atoms with van der Waals surface area (Å²) < 4.78 is 5.71. The first-order valence-corrected chi connectivity index (χ1v) is 7.33. The third-order valence-corrected chi connectivity index (χ3v) is 3.83. The molecule has 3 nitrogen and oxygen atoms in total. The second kappa shape index (κ2) is 7.64. The van der Waals surface area contributed by atoms with Crippen molar-refractivity contribution in [2.24, 2.45) is 0 Å². The van der Waals surface area contributed by atoms with E-state index in [0.29, 0.717) is 13.2 Å². The zero-order chi connectivity index (χ0) is 13.8. The van der Waals surface area contributed by atoms with Crippen molar-refractivity contribution in [2.75, 3.05) is 26.2 Å². The summed E-state index contributed by atoms with van der Waals surface area (Å²) >= 11 is 0. The monoisotopic (exact) mass is 307 g/mol. The molecule has 21 heavy (non-hydrogen) atoms. The minimum absolute atomic E-state index is 0. The molecule has 1 N–H and O–H groups in total. The summed E-state index contributed by atoms with van der Waals surface area (Å²) in [7, 11) is 0. The Morgan fingerprint density at radius 3 is 2.52 bits per heavy atom. The van der Waals surface area contributed by atoms with Crippen LogP contribution in [-0.2, 0) is 0 Å². The van der Waals surface area contributed by atoms with Crippen LogP contribution in [0.4, 0.5) is 0 Å². The number of ether oxygens (including phenoxy) is 1. The van der Waals surface area contributed by atoms with Crippen molar-refractivity contribution >= 4 is 23.2 Å². The molecule has 1 unspecified atom stereocenters. The molecule has 1 heterocycles. The average molecular weight is 308 g/mol. The van der Waals surface area contributed by atoms with E-state index >= 15 is 0 Å². The van der Waals surface area contributed by atoms with Crippen molar-refractivity contribution in [3.8, 4) is 5.75 Å². The molecule has 2 aromatic rings. The Balaban J connectivity index is 0.00000161. The second-order valence-corrected chi connectivity index (χ2v) is 5.48. The highest BCUT2D eigenvalue weighted by atomic mass is 35.5. The van der Waals surface area contributed by atoms with Gasteiger partial charge in [0.2, 0.25) is 0 Å². The van der Waals surface area contributed by atoms with Crippen molar-refractivity contribution in [1.82, 2.24) is 4.90 Å². The minimum atomic E-state index is -0.417. The highest BCUT2D eigenvalue weighted by Gasteiger charge is 2.16. The Hall–Kier alpha value is -1.29. The van der Waals surface area contributed by atoms with E-state index in [4.69, 9.17) is 4.74 Å². The third-order valence-electron chi connectivity index (χ3n) is 3.83. The van der Waals surface area contributed by atoms with Gasteiger partial charge < -0.3 is 14.7 Å². The molecule has 1 saturated heterocycles. The zero-order valence-corrected chi connectivity index (χ0v) is 12.9. The van der Waals surface area contributed by atoms with E-state index in [1.165, 1.54) is 23.6 Å². The molecule has 1 aliphatic heterocycles. The van der Waals surface area contributed by atoms with Crippen molar-refractivity contribution in [3.05, 3.63) is 42.5 Å². The van der Waals surface area contributed by atoms with Gasteiger partial charge in [0.05, 0.1) is 0 Å². The molecule has 0 aliphatic carbocycles. The number of nitrogens with zero attached hydrogens (tertiary/aromatic N) is 1. The largest absolute Gasteiger partial charge is 0.491 e. The standard InChI is InChI=1S/C17H21NO2.ClH/c19-16(12-18-9-3-4-10-18)13-20-17-8-7-14-5-1-2-6-15(14)11-17;/h1-2,5-8,11,16,19H,3-4,9-10,12-13H2;1H. The third kappa shape index (κ3) is 4.34. The van der Waals surface area contributed by atoms with Gasteiger partial charge in [0, 0.05) is 6.54 Å². The number of aliphatic hydroxyl groups excluding tert-OH is 1. The van der Waals surface area contributed by atoms with Crippen molar-refractivity contribution in [1.29, 1.82) is 0 Å². The maximum absolute atomic E-state index is 10.0. The summed E-state index contributed by atoms with van der Waals surface area (Å²) in [5.41, 5.74) is 0. The van der Waals surface area contributed by atoms with Crippen LogP contribution < -0.4 is 4.74 Å². The van der Waals surface area contributed by atoms with E-state index in [0.717, 1.165) is 18.8 Å². The molecule has 1 atom stereocenters. The van der Waals surface area contributed by atoms with Gasteiger partial charge in [0.25, 0.3) is 0 Å². The van der Waals surface area contributed by atoms with Gasteiger partial charge in [-0.3, -0.25) is 0 Å². The average Bonchev–Trinajstić information content (AvgIpc) is 2.98. The van der Waals surface area contributed by atoms with Crippen LogP contribution in [0.15, 0.2) is 42.5 Å². The molecular formula is C17H22ClNO2. The molecule has 1 aliphatic rings. The number of aliphatic hydroxyl groups is 1. The van der Waals surface area contributed by atoms with Crippen LogP contribution in [-0.4, -0.2) is 42.4 Å². The number of fused-ring (bicyclic) bond motifs is 1. The number of rotatable bonds is 5. The van der Waals surface area contributed by atoms with Gasteiger partial charge in [-0.2, -0.15) is 0 Å². The lowest BCUT2D eigenvalue weighted by molar-refractivity contribution is 0.0759. The fourth-order valence-corrected chi connectivity index (χ4v) is 2.77. The fourth-order valence-electron chi connectivity index (χ4n) is 2.77. The molecule has 0 bridgehead atoms. The highest BCUT2D eigenvalue weighted by molar-refractivity contribution is 5.85. The summed E-state index contributed by atoms with van der Waals surface area (Å²) in [4.78, 5) is 2.30. The summed E-state index contributed by atoms with van der Waals surface area (Å²) in [6.45, 7) is 3.28. The molecule has 0 aromatic heterocycles. The predicted octanol–water partition coefficient (Wildman–Crippen LogP) is 3.10. The van der Waals surface area contributed by atoms with Gasteiger partial charge in [-0.1, -0.05) is 30.3 Å². The maximum atomic E-state index is 10.0. The molecule has 0 saturated carbocycles. The van der Waals surface area contributed by atoms with Crippen LogP contribution in [0.3, 0.4) is 0 Å². The van der Waals surface area contributed by atoms with Gasteiger partial charge in [-0.15, -0.1) is 12.4 Å². The van der Waals surface area contributed by atoms with Gasteiger partial charge in [-0.25, -0.2) is 0 Å². The van der Waals surface area contributed by atoms with Crippen molar-refractivity contribution < 1.29 is 9.84 Å². The quantitative estimate of drug-likeness (QED) is 0.921. The molecule has 114 valence electrons. The number of halogens is 1. The maximum Gasteiger partial charge on any atom is 0.120 e. The van der Waals surface area contributed by atoms with Crippen LogP contribution in [0.1, 0.15) is 12.8 Å². The summed E-state index contributed by atoms with van der Waals surface area (Å²) in [6, 6.07) is 14.3. The number of β-amino-alcohol motifs (C(OH)–C–C–N with tert-alkyl or cyclic N) is 1. The van der Waals surface area contributed by atoms with Crippen LogP contribution >= 0.6 is 12.4 Å². The Kier molecular flexibility index (Phi) is 5.85. The normalized spacial score (nSPS) is 16.6. The van der Waals surface area contributed by atoms with Crippen molar-refractivity contribution in [2.45, 2.75) is 18.9 Å². The molecule has 4 heteroatoms. The van der Waals surface area contributed by atoms with Gasteiger partial charge in [0.1, 0.15) is 18.5 Å². The Morgan fingerprint density at radius 2 is 1.76 bits per heavy atom. The van der Waals surface area contributed by atoms with E-state index in [1.807, 2.05) is 24.3 Å². The fraction of sp³-hybridized carbons (Fsp3) is 0.412. The minimum Gasteiger partial charge on any atom is -0.491 e. The first kappa shape index (κ1) is 16.1. The number of benzene rings is 2. The number of likely N-dealkylation sites (tertiary alicyclic amines) is 1. The Labute approximate surface area is 131 Å². The summed E-state index contributed by atoms with van der Waals surface area (Å²) in [5.74, 6) is 0.823. The van der Waals surface area contributed by atoms with E-state index in [1.54, 1.807) is 0 Å². The SMILES string of the molecule is Cl.OC(COc1ccc2ccccc2c1)CN1CCCC1. The molecular weight excluding hydrogens is 286 g/mol. The zero-order valence-electron chi connectivity index (χ0n) is 12.1. The van der Waals surface area contributed by atoms with E-state index in [2.05, 4.69) is 23.1 Å². The summed E-state index contributed by atoms with van der Waals surface area (Å²) in [5, 5.41) is 12.4. The lowest BCUT2D eigenvalue weighted by Gasteiger charge is -2.19. The molecule has 1 fully saturated rings. The van der Waals surface area contributed by atoms with E-state index < -0.39 is 6.10 Å². The van der Waals surface area contributed by atoms with E-state index in [-0.39, 0.29) is 12.4 Å². The van der Waals surface area contributed by atoms with Crippen LogP contribution in [0.2, 0.25) is 0 Å². The highest BCUT2D eigenvalue weighted by Crippen LogP contribution is 2.20. The smallest absolute Gasteiger partial charge is 0.120 e. The topological polar surface area (TPSA) is 32.7 Å². The lowest BCUT2D eigenvalue weighted by Crippen LogP contribution is -2.33. The lowest BCUT2D eigenvalue weighted by atomic mass is 10.1. The second-order valence-electron chi connectivity index (χ2n) is 5.48. The molecule has 2 aromatic carbocycles. The molecule has 3 rings (SSSR count). The Bertz CT molecular complexity index is 569. The molecule has 0 radical (unpaired) electrons. The van der Waals surface area contributed by atoms with Crippen LogP contribution in [0.5, 0.6) is 5.75 Å². The molecule has 0 spiro atoms. The molecule has 0 amide bonds. The van der Waals surface area contributed by atoms with Crippen LogP contribution in [0, 0.1) is 0 Å². The number of hydrogen-bond donors (Lipinski definition) is 1. The van der Waals surface area contributed by atoms with Gasteiger partial charge >= 0.3 is 0 Å². The van der Waals surface area contributed by atoms with E-state index in [9.17, 15) is 5.11 Å². The van der Waals surface area contributed by atoms with Gasteiger partial charge in [0.15, 0.2) is 0 Å². The predicted molar refractivity (Wildman–Crippen MR) is 88.4 cm³/mol. The first-order valence-electron chi connectivity index (χ1n) is 7.33. The van der Waals surface area contributed by atoms with Gasteiger partial charge in [-0.05, 0) is 48.8 Å². The van der Waals surface area contributed by atoms with Crippen molar-refractivity contribution in [3.63, 3.8) is 0 Å². The summed E-state index contributed by atoms with van der Waals surface area (Å²) in [6.07, 6.45) is 2.08. The number of hydrogen-bond acceptors (Lipinski definition) is 3. The van der Waals surface area contributed by atoms with Crippen LogP contribution in [0.25, 0.3) is 10.8 Å². The first-order chi connectivity index (χ1) is 9.81. The Morgan fingerprint density at radius 1 is 1.05 bits per heavy atom.